The number of fused-ring (bicyclic) bond motifs is 1. The van der Waals surface area contributed by atoms with Gasteiger partial charge in [-0.15, -0.1) is 0 Å². The Hall–Kier alpha value is -1.46. The van der Waals surface area contributed by atoms with Crippen molar-refractivity contribution in [2.75, 3.05) is 5.43 Å². The molecule has 0 unspecified atom stereocenters. The fraction of sp³-hybridized carbons (Fsp3) is 0.286. The molecule has 3 rings (SSSR count). The third kappa shape index (κ3) is 2.48. The van der Waals surface area contributed by atoms with Crippen molar-refractivity contribution in [2.45, 2.75) is 25.7 Å². The van der Waals surface area contributed by atoms with Gasteiger partial charge in [0.1, 0.15) is 5.82 Å². The van der Waals surface area contributed by atoms with Gasteiger partial charge in [0.05, 0.1) is 0 Å². The van der Waals surface area contributed by atoms with E-state index in [-0.39, 0.29) is 0 Å². The minimum atomic E-state index is 0.737. The highest BCUT2D eigenvalue weighted by atomic mass is 79.9. The first-order valence-electron chi connectivity index (χ1n) is 6.40. The van der Waals surface area contributed by atoms with Crippen molar-refractivity contribution >= 4 is 21.7 Å². The van der Waals surface area contributed by atoms with Crippen LogP contribution >= 0.6 is 15.9 Å². The highest BCUT2D eigenvalue weighted by molar-refractivity contribution is 9.10. The number of aromatic nitrogens is 2. The molecule has 1 aliphatic carbocycles. The summed E-state index contributed by atoms with van der Waals surface area (Å²) in [5.74, 6) is 7.10. The second kappa shape index (κ2) is 5.27. The summed E-state index contributed by atoms with van der Waals surface area (Å²) in [6.45, 7) is 0. The number of halogens is 1. The van der Waals surface area contributed by atoms with Gasteiger partial charge in [-0.3, -0.25) is 0 Å². The lowest BCUT2D eigenvalue weighted by molar-refractivity contribution is 0.665. The maximum Gasteiger partial charge on any atom is 0.161 e. The van der Waals surface area contributed by atoms with Gasteiger partial charge < -0.3 is 5.43 Å². The number of nitrogens with two attached hydrogens (primary N) is 1. The molecular formula is C14H15BrN4. The van der Waals surface area contributed by atoms with Gasteiger partial charge in [-0.1, -0.05) is 28.1 Å². The monoisotopic (exact) mass is 318 g/mol. The number of aryl methyl sites for hydroxylation is 1. The van der Waals surface area contributed by atoms with Crippen molar-refractivity contribution < 1.29 is 0 Å². The number of anilines is 1. The molecule has 2 aromatic rings. The topological polar surface area (TPSA) is 63.8 Å². The van der Waals surface area contributed by atoms with E-state index in [4.69, 9.17) is 10.8 Å². The lowest BCUT2D eigenvalue weighted by Crippen LogP contribution is -2.17. The molecule has 0 aliphatic heterocycles. The van der Waals surface area contributed by atoms with E-state index in [0.717, 1.165) is 40.2 Å². The zero-order valence-electron chi connectivity index (χ0n) is 10.5. The van der Waals surface area contributed by atoms with E-state index in [0.29, 0.717) is 0 Å². The van der Waals surface area contributed by atoms with Crippen LogP contribution in [0.5, 0.6) is 0 Å². The van der Waals surface area contributed by atoms with Gasteiger partial charge in [0.15, 0.2) is 5.82 Å². The lowest BCUT2D eigenvalue weighted by Gasteiger charge is -2.18. The fourth-order valence-electron chi connectivity index (χ4n) is 2.44. The van der Waals surface area contributed by atoms with Gasteiger partial charge in [0, 0.05) is 21.3 Å². The standard InChI is InChI=1S/C14H15BrN4/c15-10-7-5-9(6-8-10)13-17-12-4-2-1-3-11(12)14(18-13)19-16/h5-8H,1-4,16H2,(H,17,18,19). The summed E-state index contributed by atoms with van der Waals surface area (Å²) in [6.07, 6.45) is 4.39. The summed E-state index contributed by atoms with van der Waals surface area (Å²) in [4.78, 5) is 9.24. The zero-order valence-corrected chi connectivity index (χ0v) is 12.1. The summed E-state index contributed by atoms with van der Waals surface area (Å²) >= 11 is 3.43. The number of nitrogen functional groups attached to an aromatic ring is 1. The van der Waals surface area contributed by atoms with Gasteiger partial charge >= 0.3 is 0 Å². The van der Waals surface area contributed by atoms with Crippen LogP contribution in [0.3, 0.4) is 0 Å². The molecule has 0 amide bonds. The number of hydrogen-bond acceptors (Lipinski definition) is 4. The Morgan fingerprint density at radius 3 is 2.53 bits per heavy atom. The van der Waals surface area contributed by atoms with Gasteiger partial charge in [0.25, 0.3) is 0 Å². The summed E-state index contributed by atoms with van der Waals surface area (Å²) in [5, 5.41) is 0. The Labute approximate surface area is 120 Å². The Bertz CT molecular complexity index is 578. The Kier molecular flexibility index (Phi) is 3.48. The molecule has 5 heteroatoms. The molecule has 1 aromatic carbocycles. The zero-order chi connectivity index (χ0) is 13.2. The molecule has 0 saturated carbocycles. The van der Waals surface area contributed by atoms with E-state index in [9.17, 15) is 0 Å². The molecule has 3 N–H and O–H groups in total. The van der Waals surface area contributed by atoms with Gasteiger partial charge in [-0.05, 0) is 37.8 Å². The van der Waals surface area contributed by atoms with Crippen LogP contribution in [-0.2, 0) is 12.8 Å². The molecule has 0 bridgehead atoms. The number of hydrogen-bond donors (Lipinski definition) is 2. The third-order valence-corrected chi connectivity index (χ3v) is 3.95. The van der Waals surface area contributed by atoms with Crippen LogP contribution < -0.4 is 11.3 Å². The van der Waals surface area contributed by atoms with E-state index in [1.165, 1.54) is 18.4 Å². The molecule has 0 saturated heterocycles. The number of rotatable bonds is 2. The van der Waals surface area contributed by atoms with Crippen molar-refractivity contribution in [2.24, 2.45) is 5.84 Å². The molecule has 1 aliphatic rings. The summed E-state index contributed by atoms with van der Waals surface area (Å²) in [7, 11) is 0. The summed E-state index contributed by atoms with van der Waals surface area (Å²) in [5.41, 5.74) is 6.03. The number of nitrogens with one attached hydrogen (secondary N) is 1. The normalized spacial score (nSPS) is 14.0. The van der Waals surface area contributed by atoms with Crippen LogP contribution in [-0.4, -0.2) is 9.97 Å². The number of hydrazine groups is 1. The molecule has 1 heterocycles. The minimum Gasteiger partial charge on any atom is -0.308 e. The van der Waals surface area contributed by atoms with Crippen LogP contribution in [0.4, 0.5) is 5.82 Å². The molecule has 19 heavy (non-hydrogen) atoms. The summed E-state index contributed by atoms with van der Waals surface area (Å²) in [6, 6.07) is 8.01. The number of nitrogens with zero attached hydrogens (tertiary/aromatic N) is 2. The quantitative estimate of drug-likeness (QED) is 0.659. The minimum absolute atomic E-state index is 0.737. The maximum absolute atomic E-state index is 5.60. The van der Waals surface area contributed by atoms with Crippen LogP contribution in [0.2, 0.25) is 0 Å². The predicted octanol–water partition coefficient (Wildman–Crippen LogP) is 3.07. The Morgan fingerprint density at radius 1 is 1.05 bits per heavy atom. The second-order valence-electron chi connectivity index (χ2n) is 4.68. The van der Waals surface area contributed by atoms with Crippen molar-refractivity contribution in [1.29, 1.82) is 0 Å². The average molecular weight is 319 g/mol. The molecule has 0 radical (unpaired) electrons. The molecule has 1 aromatic heterocycles. The first kappa shape index (κ1) is 12.6. The molecule has 0 spiro atoms. The van der Waals surface area contributed by atoms with Gasteiger partial charge in [-0.25, -0.2) is 15.8 Å². The molecule has 98 valence electrons. The van der Waals surface area contributed by atoms with E-state index in [1.54, 1.807) is 0 Å². The van der Waals surface area contributed by atoms with Gasteiger partial charge in [-0.2, -0.15) is 0 Å². The van der Waals surface area contributed by atoms with Gasteiger partial charge in [0.2, 0.25) is 0 Å². The predicted molar refractivity (Wildman–Crippen MR) is 79.6 cm³/mol. The maximum atomic E-state index is 5.60. The van der Waals surface area contributed by atoms with Crippen molar-refractivity contribution in [3.05, 3.63) is 40.0 Å². The second-order valence-corrected chi connectivity index (χ2v) is 5.60. The Morgan fingerprint density at radius 2 is 1.79 bits per heavy atom. The third-order valence-electron chi connectivity index (χ3n) is 3.42. The lowest BCUT2D eigenvalue weighted by atomic mass is 9.96. The molecule has 0 fully saturated rings. The number of benzene rings is 1. The molecule has 4 nitrogen and oxygen atoms in total. The van der Waals surface area contributed by atoms with Crippen LogP contribution in [0, 0.1) is 0 Å². The molecule has 0 atom stereocenters. The van der Waals surface area contributed by atoms with Crippen molar-refractivity contribution in [3.8, 4) is 11.4 Å². The Balaban J connectivity index is 2.09. The van der Waals surface area contributed by atoms with E-state index in [2.05, 4.69) is 26.3 Å². The fourth-order valence-corrected chi connectivity index (χ4v) is 2.71. The molecular weight excluding hydrogens is 304 g/mol. The van der Waals surface area contributed by atoms with Crippen LogP contribution in [0.15, 0.2) is 28.7 Å². The van der Waals surface area contributed by atoms with Crippen LogP contribution in [0.1, 0.15) is 24.1 Å². The summed E-state index contributed by atoms with van der Waals surface area (Å²) < 4.78 is 1.05. The smallest absolute Gasteiger partial charge is 0.161 e. The van der Waals surface area contributed by atoms with E-state index >= 15 is 0 Å². The van der Waals surface area contributed by atoms with Crippen LogP contribution in [0.25, 0.3) is 11.4 Å². The van der Waals surface area contributed by atoms with Crippen molar-refractivity contribution in [1.82, 2.24) is 9.97 Å². The highest BCUT2D eigenvalue weighted by Gasteiger charge is 2.17. The van der Waals surface area contributed by atoms with Crippen molar-refractivity contribution in [3.63, 3.8) is 0 Å². The van der Waals surface area contributed by atoms with E-state index < -0.39 is 0 Å². The first-order valence-corrected chi connectivity index (χ1v) is 7.19. The average Bonchev–Trinajstić information content (AvgIpc) is 2.47. The SMILES string of the molecule is NNc1nc(-c2ccc(Br)cc2)nc2c1CCCC2. The van der Waals surface area contributed by atoms with E-state index in [1.807, 2.05) is 24.3 Å². The largest absolute Gasteiger partial charge is 0.308 e. The highest BCUT2D eigenvalue weighted by Crippen LogP contribution is 2.28. The first-order chi connectivity index (χ1) is 9.28.